The first-order valence-electron chi connectivity index (χ1n) is 5.48. The fourth-order valence-electron chi connectivity index (χ4n) is 1.95. The van der Waals surface area contributed by atoms with Gasteiger partial charge in [0.15, 0.2) is 0 Å². The SMILES string of the molecule is CCC(CC)c1cc(C)ccc1S(=O)(=O)O. The van der Waals surface area contributed by atoms with Gasteiger partial charge in [-0.15, -0.1) is 0 Å². The second-order valence-electron chi connectivity index (χ2n) is 4.03. The van der Waals surface area contributed by atoms with Crippen LogP contribution in [-0.4, -0.2) is 13.0 Å². The summed E-state index contributed by atoms with van der Waals surface area (Å²) < 4.78 is 31.7. The molecule has 0 saturated carbocycles. The van der Waals surface area contributed by atoms with Gasteiger partial charge in [0.25, 0.3) is 10.1 Å². The van der Waals surface area contributed by atoms with Gasteiger partial charge in [-0.05, 0) is 37.3 Å². The molecule has 90 valence electrons. The van der Waals surface area contributed by atoms with E-state index >= 15 is 0 Å². The monoisotopic (exact) mass is 242 g/mol. The third kappa shape index (κ3) is 2.83. The normalized spacial score (nSPS) is 12.1. The van der Waals surface area contributed by atoms with Gasteiger partial charge in [0.1, 0.15) is 0 Å². The third-order valence-corrected chi connectivity index (χ3v) is 3.80. The fraction of sp³-hybridized carbons (Fsp3) is 0.500. The van der Waals surface area contributed by atoms with Crippen molar-refractivity contribution < 1.29 is 13.0 Å². The molecule has 0 aliphatic carbocycles. The summed E-state index contributed by atoms with van der Waals surface area (Å²) >= 11 is 0. The highest BCUT2D eigenvalue weighted by molar-refractivity contribution is 7.85. The molecule has 0 radical (unpaired) electrons. The number of hydrogen-bond acceptors (Lipinski definition) is 2. The standard InChI is InChI=1S/C12H18O3S/c1-4-10(5-2)11-8-9(3)6-7-12(11)16(13,14)15/h6-8,10H,4-5H2,1-3H3,(H,13,14,15). The van der Waals surface area contributed by atoms with Crippen LogP contribution in [0.5, 0.6) is 0 Å². The van der Waals surface area contributed by atoms with Crippen LogP contribution >= 0.6 is 0 Å². The quantitative estimate of drug-likeness (QED) is 0.825. The Morgan fingerprint density at radius 1 is 1.25 bits per heavy atom. The van der Waals surface area contributed by atoms with Crippen molar-refractivity contribution in [1.82, 2.24) is 0 Å². The van der Waals surface area contributed by atoms with Gasteiger partial charge in [-0.3, -0.25) is 4.55 Å². The van der Waals surface area contributed by atoms with Crippen LogP contribution in [0, 0.1) is 6.92 Å². The van der Waals surface area contributed by atoms with Crippen molar-refractivity contribution in [2.24, 2.45) is 0 Å². The molecule has 4 heteroatoms. The second kappa shape index (κ2) is 4.97. The molecule has 0 bridgehead atoms. The van der Waals surface area contributed by atoms with Crippen molar-refractivity contribution in [3.63, 3.8) is 0 Å². The molecule has 0 unspecified atom stereocenters. The molecule has 0 fully saturated rings. The summed E-state index contributed by atoms with van der Waals surface area (Å²) in [5.41, 5.74) is 1.74. The van der Waals surface area contributed by atoms with Gasteiger partial charge in [0, 0.05) is 0 Å². The van der Waals surface area contributed by atoms with Crippen LogP contribution in [0.3, 0.4) is 0 Å². The molecule has 0 spiro atoms. The minimum atomic E-state index is -4.12. The highest BCUT2D eigenvalue weighted by atomic mass is 32.2. The Kier molecular flexibility index (Phi) is 4.10. The Morgan fingerprint density at radius 3 is 2.25 bits per heavy atom. The lowest BCUT2D eigenvalue weighted by molar-refractivity contribution is 0.479. The minimum absolute atomic E-state index is 0.0480. The molecule has 3 nitrogen and oxygen atoms in total. The molecular weight excluding hydrogens is 224 g/mol. The van der Waals surface area contributed by atoms with Crippen molar-refractivity contribution in [3.05, 3.63) is 29.3 Å². The molecule has 1 N–H and O–H groups in total. The summed E-state index contributed by atoms with van der Waals surface area (Å²) in [6, 6.07) is 5.04. The van der Waals surface area contributed by atoms with Crippen LogP contribution in [0.15, 0.2) is 23.1 Å². The zero-order valence-corrected chi connectivity index (χ0v) is 10.7. The average molecular weight is 242 g/mol. The molecule has 0 saturated heterocycles. The Balaban J connectivity index is 3.40. The van der Waals surface area contributed by atoms with Gasteiger partial charge in [-0.1, -0.05) is 31.5 Å². The Bertz CT molecular complexity index is 459. The first-order chi connectivity index (χ1) is 7.40. The smallest absolute Gasteiger partial charge is 0.282 e. The van der Waals surface area contributed by atoms with Crippen LogP contribution in [0.4, 0.5) is 0 Å². The molecule has 0 atom stereocenters. The molecule has 0 heterocycles. The van der Waals surface area contributed by atoms with Gasteiger partial charge in [0.2, 0.25) is 0 Å². The summed E-state index contributed by atoms with van der Waals surface area (Å²) in [5.74, 6) is 0.178. The summed E-state index contributed by atoms with van der Waals surface area (Å²) in [4.78, 5) is 0.0480. The van der Waals surface area contributed by atoms with Gasteiger partial charge in [-0.2, -0.15) is 8.42 Å². The largest absolute Gasteiger partial charge is 0.294 e. The summed E-state index contributed by atoms with van der Waals surface area (Å²) in [7, 11) is -4.12. The predicted molar refractivity (Wildman–Crippen MR) is 64.3 cm³/mol. The van der Waals surface area contributed by atoms with E-state index in [9.17, 15) is 13.0 Å². The van der Waals surface area contributed by atoms with E-state index in [-0.39, 0.29) is 10.8 Å². The van der Waals surface area contributed by atoms with Crippen molar-refractivity contribution in [2.45, 2.75) is 44.4 Å². The topological polar surface area (TPSA) is 54.4 Å². The first kappa shape index (κ1) is 13.2. The zero-order chi connectivity index (χ0) is 12.3. The van der Waals surface area contributed by atoms with Crippen LogP contribution in [0.1, 0.15) is 43.7 Å². The van der Waals surface area contributed by atoms with E-state index in [1.165, 1.54) is 6.07 Å². The van der Waals surface area contributed by atoms with Gasteiger partial charge in [-0.25, -0.2) is 0 Å². The lowest BCUT2D eigenvalue weighted by Gasteiger charge is -2.16. The molecule has 0 amide bonds. The van der Waals surface area contributed by atoms with Crippen molar-refractivity contribution in [3.8, 4) is 0 Å². The maximum atomic E-state index is 11.3. The molecule has 1 aromatic rings. The Hall–Kier alpha value is -0.870. The minimum Gasteiger partial charge on any atom is -0.282 e. The van der Waals surface area contributed by atoms with Gasteiger partial charge >= 0.3 is 0 Å². The Labute approximate surface area is 97.2 Å². The number of aryl methyl sites for hydroxylation is 1. The zero-order valence-electron chi connectivity index (χ0n) is 9.90. The van der Waals surface area contributed by atoms with Crippen molar-refractivity contribution in [1.29, 1.82) is 0 Å². The van der Waals surface area contributed by atoms with Crippen LogP contribution in [-0.2, 0) is 10.1 Å². The maximum absolute atomic E-state index is 11.3. The third-order valence-electron chi connectivity index (χ3n) is 2.87. The van der Waals surface area contributed by atoms with E-state index in [2.05, 4.69) is 0 Å². The molecule has 0 aliphatic rings. The second-order valence-corrected chi connectivity index (χ2v) is 5.42. The highest BCUT2D eigenvalue weighted by Gasteiger charge is 2.19. The van der Waals surface area contributed by atoms with E-state index in [4.69, 9.17) is 0 Å². The molecule has 0 aromatic heterocycles. The van der Waals surface area contributed by atoms with Gasteiger partial charge in [0.05, 0.1) is 4.90 Å². The molecule has 16 heavy (non-hydrogen) atoms. The van der Waals surface area contributed by atoms with Crippen LogP contribution < -0.4 is 0 Å². The van der Waals surface area contributed by atoms with Gasteiger partial charge < -0.3 is 0 Å². The molecule has 0 aliphatic heterocycles. The van der Waals surface area contributed by atoms with E-state index < -0.39 is 10.1 Å². The molecule has 1 aromatic carbocycles. The maximum Gasteiger partial charge on any atom is 0.294 e. The molecule has 1 rings (SSSR count). The lowest BCUT2D eigenvalue weighted by Crippen LogP contribution is -2.07. The van der Waals surface area contributed by atoms with E-state index in [0.29, 0.717) is 0 Å². The van der Waals surface area contributed by atoms with Crippen molar-refractivity contribution >= 4 is 10.1 Å². The van der Waals surface area contributed by atoms with E-state index in [1.54, 1.807) is 6.07 Å². The average Bonchev–Trinajstić information content (AvgIpc) is 2.17. The number of hydrogen-bond donors (Lipinski definition) is 1. The van der Waals surface area contributed by atoms with Crippen molar-refractivity contribution in [2.75, 3.05) is 0 Å². The first-order valence-corrected chi connectivity index (χ1v) is 6.92. The number of rotatable bonds is 4. The summed E-state index contributed by atoms with van der Waals surface area (Å²) in [6.07, 6.45) is 1.73. The summed E-state index contributed by atoms with van der Waals surface area (Å²) in [6.45, 7) is 5.95. The highest BCUT2D eigenvalue weighted by Crippen LogP contribution is 2.29. The van der Waals surface area contributed by atoms with E-state index in [1.807, 2.05) is 26.8 Å². The summed E-state index contributed by atoms with van der Waals surface area (Å²) in [5, 5.41) is 0. The predicted octanol–water partition coefficient (Wildman–Crippen LogP) is 3.15. The lowest BCUT2D eigenvalue weighted by atomic mass is 9.93. The van der Waals surface area contributed by atoms with Crippen LogP contribution in [0.2, 0.25) is 0 Å². The molecular formula is C12H18O3S. The number of benzene rings is 1. The van der Waals surface area contributed by atoms with E-state index in [0.717, 1.165) is 24.0 Å². The fourth-order valence-corrected chi connectivity index (χ4v) is 2.71. The Morgan fingerprint density at radius 2 is 1.81 bits per heavy atom. The van der Waals surface area contributed by atoms with Crippen LogP contribution in [0.25, 0.3) is 0 Å².